The van der Waals surface area contributed by atoms with Crippen molar-refractivity contribution >= 4 is 0 Å². The lowest BCUT2D eigenvalue weighted by molar-refractivity contribution is 0.0287. The first-order valence-corrected chi connectivity index (χ1v) is 7.44. The first-order chi connectivity index (χ1) is 8.31. The standard InChI is InChI=1S/C14H26N2O/c1-11-4-7-14(17-11)10-16-8-2-3-13(16)9-15-12-5-6-12/h11-15H,2-10H2,1H3. The van der Waals surface area contributed by atoms with Gasteiger partial charge in [0.2, 0.25) is 0 Å². The van der Waals surface area contributed by atoms with Crippen molar-refractivity contribution in [2.45, 2.75) is 69.7 Å². The summed E-state index contributed by atoms with van der Waals surface area (Å²) in [6, 6.07) is 1.62. The third kappa shape index (κ3) is 3.21. The minimum absolute atomic E-state index is 0.491. The van der Waals surface area contributed by atoms with Crippen LogP contribution in [0.25, 0.3) is 0 Å². The highest BCUT2D eigenvalue weighted by molar-refractivity contribution is 4.88. The lowest BCUT2D eigenvalue weighted by Gasteiger charge is -2.27. The molecule has 0 bridgehead atoms. The van der Waals surface area contributed by atoms with Gasteiger partial charge in [0.15, 0.2) is 0 Å². The van der Waals surface area contributed by atoms with E-state index in [1.54, 1.807) is 0 Å². The van der Waals surface area contributed by atoms with Crippen molar-refractivity contribution in [1.82, 2.24) is 10.2 Å². The Morgan fingerprint density at radius 2 is 2.06 bits per heavy atom. The van der Waals surface area contributed by atoms with Gasteiger partial charge in [-0.1, -0.05) is 0 Å². The fraction of sp³-hybridized carbons (Fsp3) is 1.00. The molecule has 0 spiro atoms. The molecule has 0 aromatic heterocycles. The van der Waals surface area contributed by atoms with Gasteiger partial charge in [0.05, 0.1) is 12.2 Å². The fourth-order valence-electron chi connectivity index (χ4n) is 3.24. The average Bonchev–Trinajstić information content (AvgIpc) is 2.90. The maximum Gasteiger partial charge on any atom is 0.0706 e. The average molecular weight is 238 g/mol. The van der Waals surface area contributed by atoms with Crippen LogP contribution in [0.5, 0.6) is 0 Å². The SMILES string of the molecule is CC1CCC(CN2CCCC2CNC2CC2)O1. The van der Waals surface area contributed by atoms with E-state index < -0.39 is 0 Å². The molecule has 3 unspecified atom stereocenters. The molecule has 2 aliphatic heterocycles. The van der Waals surface area contributed by atoms with E-state index in [9.17, 15) is 0 Å². The number of nitrogens with zero attached hydrogens (tertiary/aromatic N) is 1. The third-order valence-corrected chi connectivity index (χ3v) is 4.48. The Morgan fingerprint density at radius 1 is 1.18 bits per heavy atom. The predicted molar refractivity (Wildman–Crippen MR) is 69.2 cm³/mol. The highest BCUT2D eigenvalue weighted by atomic mass is 16.5. The molecule has 1 N–H and O–H groups in total. The van der Waals surface area contributed by atoms with Crippen LogP contribution < -0.4 is 5.32 Å². The summed E-state index contributed by atoms with van der Waals surface area (Å²) in [7, 11) is 0. The van der Waals surface area contributed by atoms with Crippen molar-refractivity contribution in [3.63, 3.8) is 0 Å². The Bertz CT molecular complexity index is 255. The van der Waals surface area contributed by atoms with Crippen LogP contribution in [0, 0.1) is 0 Å². The summed E-state index contributed by atoms with van der Waals surface area (Å²) in [5.74, 6) is 0. The van der Waals surface area contributed by atoms with E-state index in [2.05, 4.69) is 17.1 Å². The maximum absolute atomic E-state index is 5.95. The number of ether oxygens (including phenoxy) is 1. The molecule has 0 aromatic carbocycles. The van der Waals surface area contributed by atoms with Crippen LogP contribution in [0.4, 0.5) is 0 Å². The van der Waals surface area contributed by atoms with Crippen molar-refractivity contribution in [1.29, 1.82) is 0 Å². The molecule has 3 fully saturated rings. The minimum atomic E-state index is 0.491. The van der Waals surface area contributed by atoms with E-state index in [0.29, 0.717) is 12.2 Å². The van der Waals surface area contributed by atoms with Gasteiger partial charge in [0.1, 0.15) is 0 Å². The summed E-state index contributed by atoms with van der Waals surface area (Å²) in [5, 5.41) is 3.68. The summed E-state index contributed by atoms with van der Waals surface area (Å²) in [4.78, 5) is 2.66. The zero-order valence-electron chi connectivity index (χ0n) is 11.0. The minimum Gasteiger partial charge on any atom is -0.374 e. The molecule has 0 amide bonds. The van der Waals surface area contributed by atoms with Gasteiger partial charge >= 0.3 is 0 Å². The quantitative estimate of drug-likeness (QED) is 0.790. The number of hydrogen-bond acceptors (Lipinski definition) is 3. The lowest BCUT2D eigenvalue weighted by atomic mass is 10.1. The highest BCUT2D eigenvalue weighted by Crippen LogP contribution is 2.25. The van der Waals surface area contributed by atoms with E-state index >= 15 is 0 Å². The smallest absolute Gasteiger partial charge is 0.0706 e. The Kier molecular flexibility index (Phi) is 3.69. The molecular formula is C14H26N2O. The zero-order chi connectivity index (χ0) is 11.7. The van der Waals surface area contributed by atoms with Crippen molar-refractivity contribution < 1.29 is 4.74 Å². The normalized spacial score (nSPS) is 39.0. The van der Waals surface area contributed by atoms with Gasteiger partial charge < -0.3 is 10.1 Å². The third-order valence-electron chi connectivity index (χ3n) is 4.48. The molecule has 17 heavy (non-hydrogen) atoms. The van der Waals surface area contributed by atoms with Crippen LogP contribution in [0.2, 0.25) is 0 Å². The largest absolute Gasteiger partial charge is 0.374 e. The second-order valence-electron chi connectivity index (χ2n) is 6.12. The second-order valence-corrected chi connectivity index (χ2v) is 6.12. The van der Waals surface area contributed by atoms with Crippen molar-refractivity contribution in [2.75, 3.05) is 19.6 Å². The van der Waals surface area contributed by atoms with E-state index in [4.69, 9.17) is 4.74 Å². The molecule has 3 rings (SSSR count). The van der Waals surface area contributed by atoms with E-state index in [1.165, 1.54) is 58.2 Å². The molecule has 2 saturated heterocycles. The van der Waals surface area contributed by atoms with Crippen LogP contribution in [0.3, 0.4) is 0 Å². The molecule has 3 atom stereocenters. The summed E-state index contributed by atoms with van der Waals surface area (Å²) in [6.07, 6.45) is 9.06. The van der Waals surface area contributed by atoms with Crippen molar-refractivity contribution in [3.8, 4) is 0 Å². The Balaban J connectivity index is 1.43. The lowest BCUT2D eigenvalue weighted by Crippen LogP contribution is -2.42. The maximum atomic E-state index is 5.95. The molecule has 2 heterocycles. The number of likely N-dealkylation sites (tertiary alicyclic amines) is 1. The first-order valence-electron chi connectivity index (χ1n) is 7.44. The van der Waals surface area contributed by atoms with Gasteiger partial charge in [-0.25, -0.2) is 0 Å². The van der Waals surface area contributed by atoms with Crippen molar-refractivity contribution in [2.24, 2.45) is 0 Å². The number of rotatable bonds is 5. The second kappa shape index (κ2) is 5.25. The molecule has 3 aliphatic rings. The van der Waals surface area contributed by atoms with E-state index in [-0.39, 0.29) is 0 Å². The first kappa shape index (κ1) is 11.9. The summed E-state index contributed by atoms with van der Waals surface area (Å²) in [5.41, 5.74) is 0. The van der Waals surface area contributed by atoms with Crippen LogP contribution >= 0.6 is 0 Å². The van der Waals surface area contributed by atoms with Gasteiger partial charge in [-0.05, 0) is 52.0 Å². The Hall–Kier alpha value is -0.120. The Morgan fingerprint density at radius 3 is 2.76 bits per heavy atom. The summed E-state index contributed by atoms with van der Waals surface area (Å²) < 4.78 is 5.95. The Labute approximate surface area is 105 Å². The monoisotopic (exact) mass is 238 g/mol. The van der Waals surface area contributed by atoms with Crippen molar-refractivity contribution in [3.05, 3.63) is 0 Å². The molecule has 1 aliphatic carbocycles. The van der Waals surface area contributed by atoms with Crippen LogP contribution in [-0.4, -0.2) is 48.8 Å². The number of hydrogen-bond donors (Lipinski definition) is 1. The highest BCUT2D eigenvalue weighted by Gasteiger charge is 2.31. The van der Waals surface area contributed by atoms with E-state index in [0.717, 1.165) is 12.1 Å². The summed E-state index contributed by atoms with van der Waals surface area (Å²) in [6.45, 7) is 5.86. The molecule has 3 heteroatoms. The van der Waals surface area contributed by atoms with E-state index in [1.807, 2.05) is 0 Å². The van der Waals surface area contributed by atoms with Crippen LogP contribution in [0.15, 0.2) is 0 Å². The van der Waals surface area contributed by atoms with Gasteiger partial charge in [-0.15, -0.1) is 0 Å². The number of nitrogens with one attached hydrogen (secondary N) is 1. The van der Waals surface area contributed by atoms with Gasteiger partial charge in [-0.2, -0.15) is 0 Å². The predicted octanol–water partition coefficient (Wildman–Crippen LogP) is 1.77. The molecule has 0 aromatic rings. The molecule has 1 saturated carbocycles. The van der Waals surface area contributed by atoms with Gasteiger partial charge in [0.25, 0.3) is 0 Å². The zero-order valence-corrected chi connectivity index (χ0v) is 11.0. The fourth-order valence-corrected chi connectivity index (χ4v) is 3.24. The van der Waals surface area contributed by atoms with Gasteiger partial charge in [-0.3, -0.25) is 4.90 Å². The summed E-state index contributed by atoms with van der Waals surface area (Å²) >= 11 is 0. The molecule has 0 radical (unpaired) electrons. The molecule has 98 valence electrons. The van der Waals surface area contributed by atoms with Crippen LogP contribution in [-0.2, 0) is 4.74 Å². The molecular weight excluding hydrogens is 212 g/mol. The topological polar surface area (TPSA) is 24.5 Å². The van der Waals surface area contributed by atoms with Crippen LogP contribution in [0.1, 0.15) is 45.4 Å². The van der Waals surface area contributed by atoms with Gasteiger partial charge in [0, 0.05) is 25.2 Å². The molecule has 3 nitrogen and oxygen atoms in total.